The average Bonchev–Trinajstić information content (AvgIpc) is 1.41. The third-order valence-corrected chi connectivity index (χ3v) is 0.204. The van der Waals surface area contributed by atoms with Crippen LogP contribution in [0.2, 0.25) is 0 Å². The van der Waals surface area contributed by atoms with Gasteiger partial charge >= 0.3 is 0 Å². The minimum Gasteiger partial charge on any atom is -0.317 e. The van der Waals surface area contributed by atoms with Crippen molar-refractivity contribution >= 4 is 0 Å². The first kappa shape index (κ1) is 4.84. The largest absolute Gasteiger partial charge is 0.317 e. The SMILES string of the molecule is NCNNN. The lowest BCUT2D eigenvalue weighted by atomic mass is 11.2. The molecule has 0 aliphatic carbocycles. The van der Waals surface area contributed by atoms with Crippen LogP contribution in [0.3, 0.4) is 0 Å². The topological polar surface area (TPSA) is 76.1 Å². The van der Waals surface area contributed by atoms with E-state index in [4.69, 9.17) is 11.6 Å². The first-order valence-electron chi connectivity index (χ1n) is 1.30. The first-order chi connectivity index (χ1) is 2.41. The van der Waals surface area contributed by atoms with Crippen LogP contribution >= 0.6 is 0 Å². The quantitative estimate of drug-likeness (QED) is 0.172. The van der Waals surface area contributed by atoms with E-state index in [1.165, 1.54) is 0 Å². The van der Waals surface area contributed by atoms with Crippen molar-refractivity contribution in [2.24, 2.45) is 11.6 Å². The van der Waals surface area contributed by atoms with Gasteiger partial charge < -0.3 is 5.73 Å². The molecule has 0 rings (SSSR count). The summed E-state index contributed by atoms with van der Waals surface area (Å²) >= 11 is 0. The zero-order valence-corrected chi connectivity index (χ0v) is 2.86. The highest BCUT2D eigenvalue weighted by molar-refractivity contribution is 4.11. The van der Waals surface area contributed by atoms with Gasteiger partial charge in [-0.2, -0.15) is 5.53 Å². The molecular formula is CH8N4. The van der Waals surface area contributed by atoms with Gasteiger partial charge in [0, 0.05) is 0 Å². The van der Waals surface area contributed by atoms with Gasteiger partial charge in [-0.15, -0.1) is 0 Å². The van der Waals surface area contributed by atoms with Crippen LogP contribution < -0.4 is 22.5 Å². The third-order valence-electron chi connectivity index (χ3n) is 0.204. The average molecular weight is 76.1 g/mol. The van der Waals surface area contributed by atoms with E-state index in [0.717, 1.165) is 0 Å². The van der Waals surface area contributed by atoms with Crippen LogP contribution in [0.4, 0.5) is 0 Å². The van der Waals surface area contributed by atoms with Crippen molar-refractivity contribution in [3.05, 3.63) is 0 Å². The van der Waals surface area contributed by atoms with Crippen molar-refractivity contribution in [3.63, 3.8) is 0 Å². The molecule has 0 aliphatic rings. The van der Waals surface area contributed by atoms with E-state index in [1.807, 2.05) is 0 Å². The smallest absolute Gasteiger partial charge is 0.0578 e. The van der Waals surface area contributed by atoms with E-state index in [0.29, 0.717) is 6.67 Å². The van der Waals surface area contributed by atoms with Crippen molar-refractivity contribution in [1.29, 1.82) is 0 Å². The van der Waals surface area contributed by atoms with Gasteiger partial charge in [-0.25, -0.2) is 5.43 Å². The van der Waals surface area contributed by atoms with Gasteiger partial charge in [0.1, 0.15) is 0 Å². The molecule has 0 radical (unpaired) electrons. The Morgan fingerprint density at radius 3 is 2.20 bits per heavy atom. The molecule has 32 valence electrons. The third kappa shape index (κ3) is 3.84. The van der Waals surface area contributed by atoms with Crippen molar-refractivity contribution in [1.82, 2.24) is 11.0 Å². The summed E-state index contributed by atoms with van der Waals surface area (Å²) in [4.78, 5) is 0. The van der Waals surface area contributed by atoms with E-state index in [-0.39, 0.29) is 0 Å². The predicted molar refractivity (Wildman–Crippen MR) is 19.5 cm³/mol. The first-order valence-corrected chi connectivity index (χ1v) is 1.30. The zero-order valence-electron chi connectivity index (χ0n) is 2.86. The van der Waals surface area contributed by atoms with E-state index in [9.17, 15) is 0 Å². The molecule has 0 aromatic rings. The molecule has 4 heteroatoms. The maximum absolute atomic E-state index is 4.89. The number of nitrogens with one attached hydrogen (secondary N) is 2. The number of nitrogens with two attached hydrogens (primary N) is 2. The number of hydrogen-bond donors (Lipinski definition) is 4. The van der Waals surface area contributed by atoms with Gasteiger partial charge in [-0.3, -0.25) is 5.84 Å². The maximum atomic E-state index is 4.89. The van der Waals surface area contributed by atoms with Crippen LogP contribution in [-0.2, 0) is 0 Å². The molecule has 0 atom stereocenters. The molecule has 4 nitrogen and oxygen atoms in total. The predicted octanol–water partition coefficient (Wildman–Crippen LogP) is -2.13. The highest BCUT2D eigenvalue weighted by Gasteiger charge is 1.58. The molecule has 0 spiro atoms. The second-order valence-electron chi connectivity index (χ2n) is 0.525. The molecule has 0 aromatic carbocycles. The van der Waals surface area contributed by atoms with Crippen LogP contribution in [-0.4, -0.2) is 6.67 Å². The standard InChI is InChI=1S/CH8N4/c2-1-4-5-3/h4-5H,1-3H2. The van der Waals surface area contributed by atoms with Crippen molar-refractivity contribution < 1.29 is 0 Å². The van der Waals surface area contributed by atoms with Crippen molar-refractivity contribution in [2.75, 3.05) is 6.67 Å². The van der Waals surface area contributed by atoms with Crippen LogP contribution in [0.1, 0.15) is 0 Å². The molecule has 6 N–H and O–H groups in total. The summed E-state index contributed by atoms with van der Waals surface area (Å²) in [5.74, 6) is 4.70. The Kier molecular flexibility index (Phi) is 3.72. The summed E-state index contributed by atoms with van der Waals surface area (Å²) in [5.41, 5.74) is 9.44. The van der Waals surface area contributed by atoms with Gasteiger partial charge in [0.05, 0.1) is 6.67 Å². The Morgan fingerprint density at radius 2 is 2.20 bits per heavy atom. The van der Waals surface area contributed by atoms with Crippen LogP contribution in [0.25, 0.3) is 0 Å². The molecule has 0 aliphatic heterocycles. The maximum Gasteiger partial charge on any atom is 0.0578 e. The Balaban J connectivity index is 2.19. The number of hydrazine groups is 2. The van der Waals surface area contributed by atoms with Crippen molar-refractivity contribution in [3.8, 4) is 0 Å². The lowest BCUT2D eigenvalue weighted by Gasteiger charge is -1.90. The van der Waals surface area contributed by atoms with E-state index in [1.54, 1.807) is 0 Å². The molecule has 0 aromatic heterocycles. The van der Waals surface area contributed by atoms with E-state index in [2.05, 4.69) is 11.0 Å². The Morgan fingerprint density at radius 1 is 1.60 bits per heavy atom. The molecule has 0 saturated heterocycles. The summed E-state index contributed by atoms with van der Waals surface area (Å²) in [6, 6.07) is 0. The monoisotopic (exact) mass is 76.1 g/mol. The minimum absolute atomic E-state index is 0.358. The molecular weight excluding hydrogens is 68.0 g/mol. The molecule has 5 heavy (non-hydrogen) atoms. The minimum atomic E-state index is 0.358. The van der Waals surface area contributed by atoms with Gasteiger partial charge in [-0.05, 0) is 0 Å². The highest BCUT2D eigenvalue weighted by atomic mass is 15.5. The molecule has 0 unspecified atom stereocenters. The summed E-state index contributed by atoms with van der Waals surface area (Å²) < 4.78 is 0. The molecule has 0 amide bonds. The van der Waals surface area contributed by atoms with Crippen LogP contribution in [0.5, 0.6) is 0 Å². The summed E-state index contributed by atoms with van der Waals surface area (Å²) in [6.45, 7) is 0.358. The summed E-state index contributed by atoms with van der Waals surface area (Å²) in [6.07, 6.45) is 0. The Hall–Kier alpha value is -0.160. The number of hydrogen-bond acceptors (Lipinski definition) is 4. The number of rotatable bonds is 2. The fourth-order valence-corrected chi connectivity index (χ4v) is 0.0589. The fourth-order valence-electron chi connectivity index (χ4n) is 0.0589. The fraction of sp³-hybridized carbons (Fsp3) is 1.00. The lowest BCUT2D eigenvalue weighted by Crippen LogP contribution is -2.41. The second-order valence-corrected chi connectivity index (χ2v) is 0.525. The van der Waals surface area contributed by atoms with Crippen LogP contribution in [0.15, 0.2) is 0 Å². The molecule has 0 heterocycles. The highest BCUT2D eigenvalue weighted by Crippen LogP contribution is 1.14. The Bertz CT molecular complexity index is 11.1. The molecule has 0 bridgehead atoms. The molecule has 0 fully saturated rings. The van der Waals surface area contributed by atoms with E-state index < -0.39 is 0 Å². The lowest BCUT2D eigenvalue weighted by molar-refractivity contribution is 0.566. The van der Waals surface area contributed by atoms with Gasteiger partial charge in [0.15, 0.2) is 0 Å². The normalized spacial score (nSPS) is 8.40. The van der Waals surface area contributed by atoms with Gasteiger partial charge in [-0.1, -0.05) is 0 Å². The Labute approximate surface area is 30.5 Å². The second kappa shape index (κ2) is 3.84. The van der Waals surface area contributed by atoms with Gasteiger partial charge in [0.2, 0.25) is 0 Å². The summed E-state index contributed by atoms with van der Waals surface area (Å²) in [5, 5.41) is 0. The summed E-state index contributed by atoms with van der Waals surface area (Å²) in [7, 11) is 0. The molecule has 0 saturated carbocycles. The van der Waals surface area contributed by atoms with Crippen LogP contribution in [0, 0.1) is 0 Å². The zero-order chi connectivity index (χ0) is 4.12. The van der Waals surface area contributed by atoms with E-state index >= 15 is 0 Å². The van der Waals surface area contributed by atoms with Gasteiger partial charge in [0.25, 0.3) is 0 Å². The van der Waals surface area contributed by atoms with Crippen molar-refractivity contribution in [2.45, 2.75) is 0 Å².